The summed E-state index contributed by atoms with van der Waals surface area (Å²) in [7, 11) is 0. The molecular weight excluding hydrogens is 648 g/mol. The standard InChI is InChI=1S/C35H54N6O7S/c1-24-31(49-23-38-24)26-7-5-25(6-8-26)20-37-33(44)29-19-28(42)21-41(29)34(45)32(35(2,3)4)39-30(43)22-48-18-17-47-16-15-46-14-13-40-11-9-27(36)10-12-40/h5-8,23,27-29,32,42H,9-22,36H2,1-4H3,(H,37,44)(H,39,43)/t28-,29+,32-/m1/s1. The Bertz CT molecular complexity index is 1340. The highest BCUT2D eigenvalue weighted by Crippen LogP contribution is 2.28. The Morgan fingerprint density at radius 2 is 1.69 bits per heavy atom. The zero-order valence-electron chi connectivity index (χ0n) is 29.3. The summed E-state index contributed by atoms with van der Waals surface area (Å²) in [6.07, 6.45) is 1.33. The second-order valence-electron chi connectivity index (χ2n) is 13.9. The van der Waals surface area contributed by atoms with Crippen molar-refractivity contribution in [1.29, 1.82) is 0 Å². The second-order valence-corrected chi connectivity index (χ2v) is 14.8. The largest absolute Gasteiger partial charge is 0.391 e. The minimum absolute atomic E-state index is 0.00673. The number of aliphatic hydroxyl groups excluding tert-OH is 1. The Labute approximate surface area is 293 Å². The fourth-order valence-electron chi connectivity index (χ4n) is 5.96. The van der Waals surface area contributed by atoms with Gasteiger partial charge in [-0.15, -0.1) is 11.3 Å². The molecule has 0 saturated carbocycles. The van der Waals surface area contributed by atoms with Crippen LogP contribution in [0.2, 0.25) is 0 Å². The quantitative estimate of drug-likeness (QED) is 0.178. The van der Waals surface area contributed by atoms with Crippen LogP contribution in [-0.4, -0.2) is 128 Å². The maximum absolute atomic E-state index is 13.8. The van der Waals surface area contributed by atoms with Gasteiger partial charge in [0, 0.05) is 32.1 Å². The van der Waals surface area contributed by atoms with Crippen molar-refractivity contribution in [2.75, 3.05) is 65.8 Å². The molecule has 3 atom stereocenters. The Kier molecular flexibility index (Phi) is 14.9. The lowest BCUT2D eigenvalue weighted by Crippen LogP contribution is -2.58. The number of aryl methyl sites for hydroxylation is 1. The lowest BCUT2D eigenvalue weighted by Gasteiger charge is -2.35. The van der Waals surface area contributed by atoms with E-state index in [1.165, 1.54) is 4.90 Å². The Morgan fingerprint density at radius 1 is 1.04 bits per heavy atom. The number of β-amino-alcohol motifs (C(OH)–C–C–N with tert-alkyl or cyclic N) is 1. The number of hydrogen-bond donors (Lipinski definition) is 4. The highest BCUT2D eigenvalue weighted by atomic mass is 32.1. The highest BCUT2D eigenvalue weighted by Gasteiger charge is 2.44. The molecule has 14 heteroatoms. The molecule has 3 heterocycles. The Hall–Kier alpha value is -2.98. The number of carbonyl (C=O) groups is 3. The molecule has 1 aromatic carbocycles. The summed E-state index contributed by atoms with van der Waals surface area (Å²) < 4.78 is 16.7. The van der Waals surface area contributed by atoms with Gasteiger partial charge in [-0.3, -0.25) is 14.4 Å². The van der Waals surface area contributed by atoms with Gasteiger partial charge < -0.3 is 45.5 Å². The maximum Gasteiger partial charge on any atom is 0.246 e. The summed E-state index contributed by atoms with van der Waals surface area (Å²) in [5, 5.41) is 16.2. The average molecular weight is 703 g/mol. The SMILES string of the molecule is Cc1ncsc1-c1ccc(CNC(=O)[C@@H]2C[C@@H](O)CN2C(=O)[C@@H](NC(=O)COCCOCCOCCN2CCC(N)CC2)C(C)(C)C)cc1. The molecule has 49 heavy (non-hydrogen) atoms. The van der Waals surface area contributed by atoms with Gasteiger partial charge in [0.25, 0.3) is 0 Å². The lowest BCUT2D eigenvalue weighted by atomic mass is 9.85. The van der Waals surface area contributed by atoms with Crippen LogP contribution in [0, 0.1) is 12.3 Å². The number of amides is 3. The number of hydrogen-bond acceptors (Lipinski definition) is 11. The number of carbonyl (C=O) groups excluding carboxylic acids is 3. The van der Waals surface area contributed by atoms with E-state index in [1.54, 1.807) is 11.3 Å². The third kappa shape index (κ3) is 12.1. The number of nitrogens with one attached hydrogen (secondary N) is 2. The lowest BCUT2D eigenvalue weighted by molar-refractivity contribution is -0.144. The smallest absolute Gasteiger partial charge is 0.246 e. The normalized spacial score (nSPS) is 19.6. The molecule has 2 aliphatic heterocycles. The van der Waals surface area contributed by atoms with Gasteiger partial charge in [0.2, 0.25) is 17.7 Å². The van der Waals surface area contributed by atoms with Crippen LogP contribution in [0.3, 0.4) is 0 Å². The molecule has 2 aliphatic rings. The minimum atomic E-state index is -0.929. The van der Waals surface area contributed by atoms with E-state index in [4.69, 9.17) is 19.9 Å². The van der Waals surface area contributed by atoms with E-state index in [1.807, 2.05) is 57.5 Å². The first kappa shape index (κ1) is 38.8. The van der Waals surface area contributed by atoms with Crippen molar-refractivity contribution >= 4 is 29.1 Å². The summed E-state index contributed by atoms with van der Waals surface area (Å²) in [5.41, 5.74) is 10.0. The van der Waals surface area contributed by atoms with Crippen LogP contribution < -0.4 is 16.4 Å². The predicted octanol–water partition coefficient (Wildman–Crippen LogP) is 1.70. The molecule has 0 spiro atoms. The molecular formula is C35H54N6O7S. The van der Waals surface area contributed by atoms with E-state index in [9.17, 15) is 19.5 Å². The number of nitrogens with zero attached hydrogens (tertiary/aromatic N) is 3. The number of benzene rings is 1. The number of thiazole rings is 1. The van der Waals surface area contributed by atoms with E-state index >= 15 is 0 Å². The number of likely N-dealkylation sites (tertiary alicyclic amines) is 2. The van der Waals surface area contributed by atoms with Gasteiger partial charge in [-0.25, -0.2) is 4.98 Å². The van der Waals surface area contributed by atoms with Crippen molar-refractivity contribution in [1.82, 2.24) is 25.4 Å². The van der Waals surface area contributed by atoms with Crippen LogP contribution in [0.1, 0.15) is 51.3 Å². The fraction of sp³-hybridized carbons (Fsp3) is 0.657. The molecule has 5 N–H and O–H groups in total. The fourth-order valence-corrected chi connectivity index (χ4v) is 6.77. The maximum atomic E-state index is 13.8. The molecule has 0 aliphatic carbocycles. The Morgan fingerprint density at radius 3 is 2.33 bits per heavy atom. The van der Waals surface area contributed by atoms with Gasteiger partial charge in [-0.2, -0.15) is 0 Å². The number of ether oxygens (including phenoxy) is 3. The first-order valence-corrected chi connectivity index (χ1v) is 18.1. The molecule has 2 fully saturated rings. The predicted molar refractivity (Wildman–Crippen MR) is 188 cm³/mol. The summed E-state index contributed by atoms with van der Waals surface area (Å²) in [6, 6.07) is 6.42. The summed E-state index contributed by atoms with van der Waals surface area (Å²) in [5.74, 6) is -1.23. The molecule has 2 aromatic rings. The van der Waals surface area contributed by atoms with E-state index in [0.29, 0.717) is 32.5 Å². The van der Waals surface area contributed by atoms with Crippen molar-refractivity contribution in [3.63, 3.8) is 0 Å². The van der Waals surface area contributed by atoms with Gasteiger partial charge in [0.1, 0.15) is 18.7 Å². The van der Waals surface area contributed by atoms with E-state index < -0.39 is 35.4 Å². The van der Waals surface area contributed by atoms with Crippen molar-refractivity contribution in [2.45, 2.75) is 77.7 Å². The van der Waals surface area contributed by atoms with E-state index in [0.717, 1.165) is 54.2 Å². The number of rotatable bonds is 17. The third-order valence-electron chi connectivity index (χ3n) is 8.87. The molecule has 0 unspecified atom stereocenters. The van der Waals surface area contributed by atoms with Crippen LogP contribution in [0.5, 0.6) is 0 Å². The number of piperidine rings is 1. The van der Waals surface area contributed by atoms with Crippen molar-refractivity contribution in [3.05, 3.63) is 41.0 Å². The topological polar surface area (TPSA) is 169 Å². The van der Waals surface area contributed by atoms with Gasteiger partial charge in [-0.05, 0) is 49.4 Å². The van der Waals surface area contributed by atoms with E-state index in [-0.39, 0.29) is 38.6 Å². The highest BCUT2D eigenvalue weighted by molar-refractivity contribution is 7.13. The van der Waals surface area contributed by atoms with Gasteiger partial charge >= 0.3 is 0 Å². The van der Waals surface area contributed by atoms with Crippen LogP contribution in [0.15, 0.2) is 29.8 Å². The monoisotopic (exact) mass is 702 g/mol. The zero-order valence-corrected chi connectivity index (χ0v) is 30.1. The van der Waals surface area contributed by atoms with Gasteiger partial charge in [-0.1, -0.05) is 45.0 Å². The molecule has 1 aromatic heterocycles. The molecule has 0 radical (unpaired) electrons. The second kappa shape index (κ2) is 18.9. The minimum Gasteiger partial charge on any atom is -0.391 e. The summed E-state index contributed by atoms with van der Waals surface area (Å²) >= 11 is 1.58. The first-order valence-electron chi connectivity index (χ1n) is 17.2. The average Bonchev–Trinajstić information content (AvgIpc) is 3.68. The van der Waals surface area contributed by atoms with Crippen molar-refractivity contribution < 1.29 is 33.7 Å². The van der Waals surface area contributed by atoms with E-state index in [2.05, 4.69) is 20.5 Å². The zero-order chi connectivity index (χ0) is 35.4. The Balaban J connectivity index is 1.16. The molecule has 0 bridgehead atoms. The number of aliphatic hydroxyl groups is 1. The van der Waals surface area contributed by atoms with Crippen molar-refractivity contribution in [2.24, 2.45) is 11.1 Å². The number of nitrogens with two attached hydrogens (primary N) is 1. The van der Waals surface area contributed by atoms with Gasteiger partial charge in [0.15, 0.2) is 0 Å². The van der Waals surface area contributed by atoms with Gasteiger partial charge in [0.05, 0.1) is 55.2 Å². The summed E-state index contributed by atoms with van der Waals surface area (Å²) in [6.45, 7) is 12.5. The number of aromatic nitrogens is 1. The third-order valence-corrected chi connectivity index (χ3v) is 9.85. The van der Waals surface area contributed by atoms with Crippen molar-refractivity contribution in [3.8, 4) is 10.4 Å². The summed E-state index contributed by atoms with van der Waals surface area (Å²) in [4.78, 5) is 49.1. The first-order chi connectivity index (χ1) is 23.4. The van der Waals surface area contributed by atoms with Crippen LogP contribution in [0.4, 0.5) is 0 Å². The van der Waals surface area contributed by atoms with Crippen LogP contribution in [0.25, 0.3) is 10.4 Å². The molecule has 3 amide bonds. The van der Waals surface area contributed by atoms with Crippen LogP contribution >= 0.6 is 11.3 Å². The molecule has 2 saturated heterocycles. The molecule has 4 rings (SSSR count). The molecule has 13 nitrogen and oxygen atoms in total. The van der Waals surface area contributed by atoms with Crippen LogP contribution in [-0.2, 0) is 35.1 Å². The molecule has 272 valence electrons.